The monoisotopic (exact) mass is 226 g/mol. The number of thiol groups is 1. The molecule has 78 valence electrons. The minimum absolute atomic E-state index is 0.907. The molecule has 0 aromatic rings. The summed E-state index contributed by atoms with van der Waals surface area (Å²) < 4.78 is 0.942. The van der Waals surface area contributed by atoms with Gasteiger partial charge in [0.05, 0.1) is 0 Å². The van der Waals surface area contributed by atoms with E-state index in [0.717, 1.165) is 40.2 Å². The Hall–Kier alpha value is 0.440. The molecule has 5 unspecified atom stereocenters. The van der Waals surface area contributed by atoms with Gasteiger partial charge in [-0.15, -0.1) is 12.6 Å². The topological polar surface area (TPSA) is 0 Å². The van der Waals surface area contributed by atoms with Crippen LogP contribution >= 0.6 is 24.8 Å². The highest BCUT2D eigenvalue weighted by Crippen LogP contribution is 2.61. The number of rotatable bonds is 2. The molecule has 0 radical (unpaired) electrons. The van der Waals surface area contributed by atoms with E-state index >= 15 is 0 Å². The molecule has 0 nitrogen and oxygen atoms in total. The first-order chi connectivity index (χ1) is 6.75. The maximum absolute atomic E-state index is 5.13. The van der Waals surface area contributed by atoms with Gasteiger partial charge in [0.25, 0.3) is 0 Å². The second-order valence-electron chi connectivity index (χ2n) is 5.51. The molecule has 2 heteroatoms. The normalized spacial score (nSPS) is 49.6. The summed E-state index contributed by atoms with van der Waals surface area (Å²) in [6, 6.07) is 0. The predicted octanol–water partition coefficient (Wildman–Crippen LogP) is 3.71. The van der Waals surface area contributed by atoms with Gasteiger partial charge in [-0.25, -0.2) is 0 Å². The summed E-state index contributed by atoms with van der Waals surface area (Å²) in [6.07, 6.45) is 8.65. The SMILES string of the molecule is S=C(S)CC1CC2CC1C1CCCC21. The first-order valence-corrected chi connectivity index (χ1v) is 6.83. The van der Waals surface area contributed by atoms with Crippen molar-refractivity contribution in [1.29, 1.82) is 0 Å². The van der Waals surface area contributed by atoms with Gasteiger partial charge < -0.3 is 0 Å². The summed E-state index contributed by atoms with van der Waals surface area (Å²) in [5.41, 5.74) is 0. The lowest BCUT2D eigenvalue weighted by Gasteiger charge is -2.31. The fourth-order valence-electron chi connectivity index (χ4n) is 4.67. The Bertz CT molecular complexity index is 261. The molecule has 3 rings (SSSR count). The Kier molecular flexibility index (Phi) is 2.40. The van der Waals surface area contributed by atoms with Gasteiger partial charge in [-0.3, -0.25) is 0 Å². The molecule has 14 heavy (non-hydrogen) atoms. The van der Waals surface area contributed by atoms with Crippen LogP contribution in [0.2, 0.25) is 0 Å². The first kappa shape index (κ1) is 9.65. The third kappa shape index (κ3) is 1.37. The molecule has 0 spiro atoms. The molecule has 3 aliphatic carbocycles. The van der Waals surface area contributed by atoms with Gasteiger partial charge >= 0.3 is 0 Å². The molecule has 0 aliphatic heterocycles. The van der Waals surface area contributed by atoms with Crippen LogP contribution in [0.15, 0.2) is 0 Å². The van der Waals surface area contributed by atoms with Crippen LogP contribution in [0.1, 0.15) is 38.5 Å². The van der Waals surface area contributed by atoms with Crippen molar-refractivity contribution in [2.24, 2.45) is 29.6 Å². The third-order valence-electron chi connectivity index (χ3n) is 5.00. The van der Waals surface area contributed by atoms with Crippen molar-refractivity contribution in [1.82, 2.24) is 0 Å². The van der Waals surface area contributed by atoms with E-state index in [4.69, 9.17) is 12.2 Å². The minimum Gasteiger partial charge on any atom is -0.136 e. The molecule has 0 aromatic heterocycles. The fraction of sp³-hybridized carbons (Fsp3) is 0.917. The van der Waals surface area contributed by atoms with Crippen LogP contribution in [-0.4, -0.2) is 4.20 Å². The molecular formula is C12H18S2. The highest BCUT2D eigenvalue weighted by Gasteiger charge is 2.53. The molecule has 3 aliphatic rings. The van der Waals surface area contributed by atoms with Crippen LogP contribution < -0.4 is 0 Å². The first-order valence-electron chi connectivity index (χ1n) is 5.97. The van der Waals surface area contributed by atoms with Crippen molar-refractivity contribution in [3.05, 3.63) is 0 Å². The van der Waals surface area contributed by atoms with Crippen LogP contribution in [0, 0.1) is 29.6 Å². The maximum Gasteiger partial charge on any atom is 0.0450 e. The third-order valence-corrected chi connectivity index (χ3v) is 5.35. The van der Waals surface area contributed by atoms with E-state index in [0.29, 0.717) is 0 Å². The van der Waals surface area contributed by atoms with Crippen LogP contribution in [0.3, 0.4) is 0 Å². The number of hydrogen-bond acceptors (Lipinski definition) is 1. The van der Waals surface area contributed by atoms with Gasteiger partial charge in [0, 0.05) is 4.20 Å². The lowest BCUT2D eigenvalue weighted by molar-refractivity contribution is 0.194. The van der Waals surface area contributed by atoms with Crippen LogP contribution in [0.25, 0.3) is 0 Å². The molecule has 0 aromatic carbocycles. The van der Waals surface area contributed by atoms with Crippen LogP contribution in [-0.2, 0) is 0 Å². The largest absolute Gasteiger partial charge is 0.136 e. The Morgan fingerprint density at radius 2 is 1.93 bits per heavy atom. The number of fused-ring (bicyclic) bond motifs is 5. The fourth-order valence-corrected chi connectivity index (χ4v) is 5.12. The van der Waals surface area contributed by atoms with Gasteiger partial charge in [-0.1, -0.05) is 18.6 Å². The van der Waals surface area contributed by atoms with Gasteiger partial charge in [-0.2, -0.15) is 0 Å². The zero-order valence-corrected chi connectivity index (χ0v) is 10.2. The molecule has 0 saturated heterocycles. The molecule has 0 N–H and O–H groups in total. The van der Waals surface area contributed by atoms with Crippen molar-refractivity contribution in [3.63, 3.8) is 0 Å². The van der Waals surface area contributed by atoms with Gasteiger partial charge in [0.2, 0.25) is 0 Å². The highest BCUT2D eigenvalue weighted by atomic mass is 32.1. The lowest BCUT2D eigenvalue weighted by Crippen LogP contribution is -2.25. The van der Waals surface area contributed by atoms with E-state index in [1.54, 1.807) is 0 Å². The Morgan fingerprint density at radius 1 is 1.14 bits per heavy atom. The molecule has 0 heterocycles. The van der Waals surface area contributed by atoms with E-state index in [1.165, 1.54) is 32.1 Å². The van der Waals surface area contributed by atoms with Crippen molar-refractivity contribution >= 4 is 29.0 Å². The Labute approximate surface area is 97.2 Å². The molecule has 2 bridgehead atoms. The molecule has 5 atom stereocenters. The average molecular weight is 226 g/mol. The van der Waals surface area contributed by atoms with E-state index in [2.05, 4.69) is 12.6 Å². The second-order valence-corrected chi connectivity index (χ2v) is 6.85. The highest BCUT2D eigenvalue weighted by molar-refractivity contribution is 8.11. The van der Waals surface area contributed by atoms with Crippen LogP contribution in [0.5, 0.6) is 0 Å². The maximum atomic E-state index is 5.13. The zero-order valence-electron chi connectivity index (χ0n) is 8.48. The second kappa shape index (κ2) is 3.48. The zero-order chi connectivity index (χ0) is 9.71. The average Bonchev–Trinajstić information content (AvgIpc) is 2.68. The van der Waals surface area contributed by atoms with Crippen molar-refractivity contribution in [3.8, 4) is 0 Å². The van der Waals surface area contributed by atoms with Gasteiger partial charge in [-0.05, 0) is 61.7 Å². The van der Waals surface area contributed by atoms with Gasteiger partial charge in [0.1, 0.15) is 0 Å². The summed E-state index contributed by atoms with van der Waals surface area (Å²) in [6.45, 7) is 0. The smallest absolute Gasteiger partial charge is 0.0450 e. The molecular weight excluding hydrogens is 208 g/mol. The summed E-state index contributed by atoms with van der Waals surface area (Å²) in [5, 5.41) is 0. The van der Waals surface area contributed by atoms with Crippen molar-refractivity contribution in [2.75, 3.05) is 0 Å². The Balaban J connectivity index is 1.73. The van der Waals surface area contributed by atoms with Crippen molar-refractivity contribution in [2.45, 2.75) is 38.5 Å². The summed E-state index contributed by atoms with van der Waals surface area (Å²) in [7, 11) is 0. The van der Waals surface area contributed by atoms with E-state index in [1.807, 2.05) is 0 Å². The summed E-state index contributed by atoms with van der Waals surface area (Å²) in [4.78, 5) is 0. The lowest BCUT2D eigenvalue weighted by atomic mass is 9.75. The van der Waals surface area contributed by atoms with E-state index in [9.17, 15) is 0 Å². The summed E-state index contributed by atoms with van der Waals surface area (Å²) >= 11 is 9.43. The number of hydrogen-bond donors (Lipinski definition) is 1. The molecule has 3 saturated carbocycles. The summed E-state index contributed by atoms with van der Waals surface area (Å²) in [5.74, 6) is 5.20. The quantitative estimate of drug-likeness (QED) is 0.553. The van der Waals surface area contributed by atoms with Crippen molar-refractivity contribution < 1.29 is 0 Å². The molecule has 3 fully saturated rings. The molecule has 0 amide bonds. The standard InChI is InChI=1S/C12H18S2/c13-12(14)6-8-4-7-5-11(8)10-3-1-2-9(7)10/h7-11H,1-6H2,(H,13,14). The Morgan fingerprint density at radius 3 is 2.71 bits per heavy atom. The van der Waals surface area contributed by atoms with Gasteiger partial charge in [0.15, 0.2) is 0 Å². The van der Waals surface area contributed by atoms with Crippen LogP contribution in [0.4, 0.5) is 0 Å². The number of thiocarbonyl (C=S) groups is 1. The predicted molar refractivity (Wildman–Crippen MR) is 66.7 cm³/mol. The minimum atomic E-state index is 0.907. The van der Waals surface area contributed by atoms with E-state index < -0.39 is 0 Å². The van der Waals surface area contributed by atoms with E-state index in [-0.39, 0.29) is 0 Å².